The Kier molecular flexibility index (Phi) is 50.7. The van der Waals surface area contributed by atoms with E-state index in [-0.39, 0.29) is 19.4 Å². The van der Waals surface area contributed by atoms with E-state index in [1.807, 2.05) is 6.08 Å². The van der Waals surface area contributed by atoms with Crippen LogP contribution in [-0.4, -0.2) is 99.6 Å². The zero-order valence-electron chi connectivity index (χ0n) is 49.6. The third-order valence-corrected chi connectivity index (χ3v) is 14.9. The summed E-state index contributed by atoms with van der Waals surface area (Å²) >= 11 is 0. The van der Waals surface area contributed by atoms with Crippen molar-refractivity contribution in [2.24, 2.45) is 0 Å². The van der Waals surface area contributed by atoms with Gasteiger partial charge in [0.2, 0.25) is 5.91 Å². The van der Waals surface area contributed by atoms with E-state index in [1.54, 1.807) is 6.08 Å². The fourth-order valence-corrected chi connectivity index (χ4v) is 9.77. The fraction of sp³-hybridized carbons (Fsp3) is 0.818. The molecule has 11 nitrogen and oxygen atoms in total. The molecule has 8 unspecified atom stereocenters. The summed E-state index contributed by atoms with van der Waals surface area (Å²) in [7, 11) is 0. The number of rotatable bonds is 54. The van der Waals surface area contributed by atoms with Crippen molar-refractivity contribution < 1.29 is 49.3 Å². The van der Waals surface area contributed by atoms with Crippen LogP contribution in [-0.2, 0) is 23.8 Å². The number of nitrogens with one attached hydrogen (secondary N) is 1. The Morgan fingerprint density at radius 1 is 0.506 bits per heavy atom. The lowest BCUT2D eigenvalue weighted by Crippen LogP contribution is -2.61. The number of hydrogen-bond acceptors (Lipinski definition) is 10. The molecule has 1 amide bonds. The lowest BCUT2D eigenvalue weighted by molar-refractivity contribution is -0.305. The van der Waals surface area contributed by atoms with E-state index in [4.69, 9.17) is 14.2 Å². The molecule has 0 bridgehead atoms. The van der Waals surface area contributed by atoms with Crippen LogP contribution in [0.5, 0.6) is 0 Å². The minimum absolute atomic E-state index is 0.103. The van der Waals surface area contributed by atoms with Crippen molar-refractivity contribution in [1.29, 1.82) is 0 Å². The Balaban J connectivity index is 2.61. The van der Waals surface area contributed by atoms with Gasteiger partial charge < -0.3 is 45.1 Å². The van der Waals surface area contributed by atoms with Crippen LogP contribution in [0.15, 0.2) is 60.8 Å². The Bertz CT molecular complexity index is 1480. The first-order valence-electron chi connectivity index (χ1n) is 32.1. The van der Waals surface area contributed by atoms with Crippen LogP contribution in [0.3, 0.4) is 0 Å². The average molecular weight is 1090 g/mol. The van der Waals surface area contributed by atoms with Gasteiger partial charge in [-0.1, -0.05) is 248 Å². The summed E-state index contributed by atoms with van der Waals surface area (Å²) in [4.78, 5) is 26.5. The third kappa shape index (κ3) is 42.0. The molecule has 6 N–H and O–H groups in total. The summed E-state index contributed by atoms with van der Waals surface area (Å²) in [6.07, 6.45) is 57.0. The van der Waals surface area contributed by atoms with Crippen molar-refractivity contribution in [2.75, 3.05) is 13.2 Å². The number of amides is 1. The van der Waals surface area contributed by atoms with Crippen LogP contribution < -0.4 is 5.32 Å². The molecule has 0 aliphatic carbocycles. The summed E-state index contributed by atoms with van der Waals surface area (Å²) in [5.41, 5.74) is 0. The summed E-state index contributed by atoms with van der Waals surface area (Å²) in [5.74, 6) is -1.21. The first-order chi connectivity index (χ1) is 37.7. The van der Waals surface area contributed by atoms with Crippen LogP contribution in [0.25, 0.3) is 0 Å². The summed E-state index contributed by atoms with van der Waals surface area (Å²) in [6, 6.07) is -1.03. The largest absolute Gasteiger partial charge is 0.454 e. The lowest BCUT2D eigenvalue weighted by atomic mass is 9.99. The van der Waals surface area contributed by atoms with Crippen LogP contribution in [0.2, 0.25) is 0 Å². The Morgan fingerprint density at radius 2 is 0.896 bits per heavy atom. The number of allylic oxidation sites excluding steroid dienone is 9. The van der Waals surface area contributed by atoms with Crippen molar-refractivity contribution in [2.45, 2.75) is 333 Å². The zero-order valence-corrected chi connectivity index (χ0v) is 49.6. The minimum atomic E-state index is -1.62. The molecule has 1 aliphatic rings. The van der Waals surface area contributed by atoms with Gasteiger partial charge in [-0.05, 0) is 89.9 Å². The number of carbonyl (C=O) groups is 2. The van der Waals surface area contributed by atoms with Crippen LogP contribution in [0.4, 0.5) is 0 Å². The molecule has 0 aromatic rings. The van der Waals surface area contributed by atoms with Gasteiger partial charge in [0.15, 0.2) is 12.4 Å². The predicted octanol–water partition coefficient (Wildman–Crippen LogP) is 15.4. The van der Waals surface area contributed by atoms with Crippen molar-refractivity contribution in [3.8, 4) is 0 Å². The molecule has 0 aromatic heterocycles. The first-order valence-corrected chi connectivity index (χ1v) is 32.1. The van der Waals surface area contributed by atoms with Gasteiger partial charge in [-0.3, -0.25) is 9.59 Å². The molecule has 1 fully saturated rings. The molecule has 1 saturated heterocycles. The minimum Gasteiger partial charge on any atom is -0.454 e. The molecule has 8 atom stereocenters. The van der Waals surface area contributed by atoms with Gasteiger partial charge in [0.1, 0.15) is 24.4 Å². The molecule has 77 heavy (non-hydrogen) atoms. The van der Waals surface area contributed by atoms with E-state index in [0.717, 1.165) is 83.5 Å². The second kappa shape index (κ2) is 54.0. The molecule has 1 heterocycles. The summed E-state index contributed by atoms with van der Waals surface area (Å²) in [5, 5.41) is 56.9. The maximum Gasteiger partial charge on any atom is 0.306 e. The van der Waals surface area contributed by atoms with Gasteiger partial charge in [-0.2, -0.15) is 0 Å². The molecule has 0 radical (unpaired) electrons. The number of aliphatic hydroxyl groups is 5. The van der Waals surface area contributed by atoms with Gasteiger partial charge in [-0.25, -0.2) is 0 Å². The zero-order chi connectivity index (χ0) is 56.1. The Morgan fingerprint density at radius 3 is 1.38 bits per heavy atom. The molecular formula is C66H119NO10. The number of unbranched alkanes of at least 4 members (excludes halogenated alkanes) is 32. The molecule has 448 valence electrons. The second-order valence-corrected chi connectivity index (χ2v) is 22.1. The second-order valence-electron chi connectivity index (χ2n) is 22.1. The molecule has 1 rings (SSSR count). The quantitative estimate of drug-likeness (QED) is 0.0195. The highest BCUT2D eigenvalue weighted by atomic mass is 16.7. The standard InChI is InChI=1S/C66H119NO10/c1-4-7-10-13-16-19-22-24-25-26-27-28-29-30-31-32-33-34-36-38-41-44-47-50-53-59(70)65(74)67-57(58(69)52-49-46-43-40-37-21-18-15-12-9-6-3)56-75-66-64(63(73)62(72)60(55-68)76-66)77-61(71)54-51-48-45-42-39-35-23-20-17-14-11-8-5-2/h16,19,24-25,27-28,35,39,49,52,57-60,62-64,66,68-70,72-73H,4-15,17-18,20-23,26,29-34,36-38,40-48,50-51,53-56H2,1-3H3,(H,67,74)/b19-16-,25-24-,28-27-,39-35-,52-49+. The van der Waals surface area contributed by atoms with E-state index in [2.05, 4.69) is 74.7 Å². The van der Waals surface area contributed by atoms with E-state index in [0.29, 0.717) is 12.8 Å². The fourth-order valence-electron chi connectivity index (χ4n) is 9.77. The van der Waals surface area contributed by atoms with Crippen molar-refractivity contribution >= 4 is 11.9 Å². The normalized spacial score (nSPS) is 19.4. The number of hydrogen-bond donors (Lipinski definition) is 6. The SMILES string of the molecule is CCCCC/C=C\C/C=C\C/C=C\CCCCCCCCCCCCCC(O)C(=O)NC(COC1OC(CO)C(O)C(O)C1OC(=O)CCCCC/C=C\CCCCCCCC)C(O)/C=C/CCCCCCCCCCC. The van der Waals surface area contributed by atoms with Crippen molar-refractivity contribution in [3.63, 3.8) is 0 Å². The van der Waals surface area contributed by atoms with Crippen molar-refractivity contribution in [1.82, 2.24) is 5.32 Å². The van der Waals surface area contributed by atoms with Crippen LogP contribution >= 0.6 is 0 Å². The van der Waals surface area contributed by atoms with Crippen molar-refractivity contribution in [3.05, 3.63) is 60.8 Å². The first kappa shape index (κ1) is 72.4. The third-order valence-electron chi connectivity index (χ3n) is 14.9. The monoisotopic (exact) mass is 1090 g/mol. The molecular weight excluding hydrogens is 967 g/mol. The lowest BCUT2D eigenvalue weighted by Gasteiger charge is -2.41. The smallest absolute Gasteiger partial charge is 0.306 e. The highest BCUT2D eigenvalue weighted by Gasteiger charge is 2.47. The van der Waals surface area contributed by atoms with Crippen LogP contribution in [0.1, 0.15) is 284 Å². The highest BCUT2D eigenvalue weighted by Crippen LogP contribution is 2.26. The molecule has 0 saturated carbocycles. The number of aliphatic hydroxyl groups excluding tert-OH is 5. The van der Waals surface area contributed by atoms with E-state index in [9.17, 15) is 35.1 Å². The number of ether oxygens (including phenoxy) is 3. The molecule has 11 heteroatoms. The Hall–Kier alpha value is -2.64. The van der Waals surface area contributed by atoms with Gasteiger partial charge in [0, 0.05) is 6.42 Å². The Labute approximate surface area is 471 Å². The van der Waals surface area contributed by atoms with E-state index < -0.39 is 67.4 Å². The highest BCUT2D eigenvalue weighted by molar-refractivity contribution is 5.80. The number of esters is 1. The van der Waals surface area contributed by atoms with Crippen LogP contribution in [0, 0.1) is 0 Å². The predicted molar refractivity (Wildman–Crippen MR) is 320 cm³/mol. The maximum atomic E-state index is 13.4. The molecule has 0 spiro atoms. The molecule has 0 aromatic carbocycles. The van der Waals surface area contributed by atoms with Gasteiger partial charge in [-0.15, -0.1) is 0 Å². The summed E-state index contributed by atoms with van der Waals surface area (Å²) in [6.45, 7) is 5.74. The topological polar surface area (TPSA) is 175 Å². The van der Waals surface area contributed by atoms with Gasteiger partial charge in [0.05, 0.1) is 25.4 Å². The maximum absolute atomic E-state index is 13.4. The van der Waals surface area contributed by atoms with E-state index in [1.165, 1.54) is 154 Å². The average Bonchev–Trinajstić information content (AvgIpc) is 3.44. The van der Waals surface area contributed by atoms with Gasteiger partial charge >= 0.3 is 5.97 Å². The van der Waals surface area contributed by atoms with Gasteiger partial charge in [0.25, 0.3) is 0 Å². The molecule has 1 aliphatic heterocycles. The van der Waals surface area contributed by atoms with E-state index >= 15 is 0 Å². The number of carbonyl (C=O) groups excluding carboxylic acids is 2. The summed E-state index contributed by atoms with van der Waals surface area (Å²) < 4.78 is 17.6.